The average Bonchev–Trinajstić information content (AvgIpc) is 2.87. The van der Waals surface area contributed by atoms with Gasteiger partial charge in [-0.05, 0) is 30.2 Å². The Morgan fingerprint density at radius 1 is 1.08 bits per heavy atom. The molecule has 2 aromatic rings. The zero-order valence-corrected chi connectivity index (χ0v) is 16.9. The van der Waals surface area contributed by atoms with Crippen LogP contribution in [0.5, 0.6) is 5.75 Å². The molecule has 3 rings (SSSR count). The molecule has 4 nitrogen and oxygen atoms in total. The number of carbonyl (C=O) groups is 1. The number of hydrogen-bond donors (Lipinski definition) is 0. The first-order chi connectivity index (χ1) is 12.6. The lowest BCUT2D eigenvalue weighted by molar-refractivity contribution is -0.133. The number of hydrogen-bond acceptors (Lipinski definition) is 3. The summed E-state index contributed by atoms with van der Waals surface area (Å²) >= 11 is 9.49. The van der Waals surface area contributed by atoms with Crippen molar-refractivity contribution in [2.24, 2.45) is 0 Å². The largest absolute Gasteiger partial charge is 0.482 e. The summed E-state index contributed by atoms with van der Waals surface area (Å²) in [7, 11) is 0. The maximum atomic E-state index is 12.5. The van der Waals surface area contributed by atoms with Crippen molar-refractivity contribution in [2.45, 2.75) is 13.0 Å². The molecule has 0 aromatic heterocycles. The fourth-order valence-electron chi connectivity index (χ4n) is 3.04. The van der Waals surface area contributed by atoms with Crippen molar-refractivity contribution in [1.29, 1.82) is 0 Å². The quantitative estimate of drug-likeness (QED) is 0.702. The highest BCUT2D eigenvalue weighted by Gasteiger charge is 2.20. The Kier molecular flexibility index (Phi) is 6.94. The highest BCUT2D eigenvalue weighted by Crippen LogP contribution is 2.27. The van der Waals surface area contributed by atoms with Crippen LogP contribution in [0.4, 0.5) is 0 Å². The third kappa shape index (κ3) is 5.47. The fourth-order valence-corrected chi connectivity index (χ4v) is 3.77. The minimum atomic E-state index is 0.00514. The standard InChI is InChI=1S/C20H22BrClN2O2/c21-17-7-8-19(18(22)13-17)26-15-20(25)24-10-4-9-23(11-12-24)14-16-5-2-1-3-6-16/h1-3,5-8,13H,4,9-12,14-15H2. The Labute approximate surface area is 167 Å². The van der Waals surface area contributed by atoms with Crippen LogP contribution in [0.1, 0.15) is 12.0 Å². The number of halogens is 2. The molecule has 26 heavy (non-hydrogen) atoms. The molecule has 0 unspecified atom stereocenters. The van der Waals surface area contributed by atoms with Crippen LogP contribution in [0.3, 0.4) is 0 Å². The summed E-state index contributed by atoms with van der Waals surface area (Å²) < 4.78 is 6.49. The highest BCUT2D eigenvalue weighted by atomic mass is 79.9. The van der Waals surface area contributed by atoms with Crippen LogP contribution in [-0.4, -0.2) is 48.5 Å². The van der Waals surface area contributed by atoms with Gasteiger partial charge in [0, 0.05) is 37.2 Å². The molecule has 0 aliphatic carbocycles. The lowest BCUT2D eigenvalue weighted by atomic mass is 10.2. The highest BCUT2D eigenvalue weighted by molar-refractivity contribution is 9.10. The van der Waals surface area contributed by atoms with Crippen LogP contribution in [0.2, 0.25) is 5.02 Å². The Balaban J connectivity index is 1.49. The van der Waals surface area contributed by atoms with Gasteiger partial charge in [-0.2, -0.15) is 0 Å². The lowest BCUT2D eigenvalue weighted by Gasteiger charge is -2.22. The third-order valence-electron chi connectivity index (χ3n) is 4.44. The monoisotopic (exact) mass is 436 g/mol. The maximum Gasteiger partial charge on any atom is 0.260 e. The number of rotatable bonds is 5. The van der Waals surface area contributed by atoms with Crippen LogP contribution in [0.15, 0.2) is 53.0 Å². The minimum absolute atomic E-state index is 0.00514. The van der Waals surface area contributed by atoms with E-state index in [2.05, 4.69) is 45.1 Å². The molecule has 1 saturated heterocycles. The van der Waals surface area contributed by atoms with E-state index in [4.69, 9.17) is 16.3 Å². The van der Waals surface area contributed by atoms with Gasteiger partial charge in [-0.3, -0.25) is 9.69 Å². The van der Waals surface area contributed by atoms with Crippen LogP contribution in [0.25, 0.3) is 0 Å². The molecule has 1 heterocycles. The van der Waals surface area contributed by atoms with Crippen molar-refractivity contribution in [2.75, 3.05) is 32.8 Å². The second-order valence-electron chi connectivity index (χ2n) is 6.36. The summed E-state index contributed by atoms with van der Waals surface area (Å²) in [5.41, 5.74) is 1.31. The van der Waals surface area contributed by atoms with E-state index in [9.17, 15) is 4.79 Å². The van der Waals surface area contributed by atoms with Gasteiger partial charge >= 0.3 is 0 Å². The molecule has 0 radical (unpaired) electrons. The first kappa shape index (κ1) is 19.2. The number of nitrogens with zero attached hydrogens (tertiary/aromatic N) is 2. The molecule has 0 atom stereocenters. The molecule has 1 aliphatic rings. The summed E-state index contributed by atoms with van der Waals surface area (Å²) in [5.74, 6) is 0.536. The van der Waals surface area contributed by atoms with E-state index in [1.54, 1.807) is 12.1 Å². The molecule has 0 saturated carbocycles. The molecule has 0 spiro atoms. The van der Waals surface area contributed by atoms with Crippen molar-refractivity contribution >= 4 is 33.4 Å². The fraction of sp³-hybridized carbons (Fsp3) is 0.350. The molecule has 1 amide bonds. The second kappa shape index (κ2) is 9.40. The second-order valence-corrected chi connectivity index (χ2v) is 7.68. The summed E-state index contributed by atoms with van der Waals surface area (Å²) in [4.78, 5) is 16.8. The van der Waals surface area contributed by atoms with Gasteiger partial charge in [0.25, 0.3) is 5.91 Å². The zero-order chi connectivity index (χ0) is 18.4. The van der Waals surface area contributed by atoms with Gasteiger partial charge in [0.15, 0.2) is 6.61 Å². The summed E-state index contributed by atoms with van der Waals surface area (Å²) in [6.45, 7) is 4.30. The normalized spacial score (nSPS) is 15.5. The van der Waals surface area contributed by atoms with E-state index >= 15 is 0 Å². The smallest absolute Gasteiger partial charge is 0.260 e. The first-order valence-electron chi connectivity index (χ1n) is 8.74. The molecule has 1 aliphatic heterocycles. The van der Waals surface area contributed by atoms with Crippen molar-refractivity contribution in [3.05, 3.63) is 63.6 Å². The molecule has 1 fully saturated rings. The minimum Gasteiger partial charge on any atom is -0.482 e. The van der Waals surface area contributed by atoms with Gasteiger partial charge in [0.05, 0.1) is 5.02 Å². The van der Waals surface area contributed by atoms with E-state index in [1.165, 1.54) is 5.56 Å². The van der Waals surface area contributed by atoms with Crippen molar-refractivity contribution in [3.63, 3.8) is 0 Å². The molecule has 138 valence electrons. The maximum absolute atomic E-state index is 12.5. The van der Waals surface area contributed by atoms with Crippen molar-refractivity contribution in [1.82, 2.24) is 9.80 Å². The Morgan fingerprint density at radius 3 is 2.65 bits per heavy atom. The van der Waals surface area contributed by atoms with E-state index in [1.807, 2.05) is 17.0 Å². The first-order valence-corrected chi connectivity index (χ1v) is 9.91. The van der Waals surface area contributed by atoms with Crippen LogP contribution >= 0.6 is 27.5 Å². The van der Waals surface area contributed by atoms with Gasteiger partial charge in [-0.25, -0.2) is 0 Å². The Hall–Kier alpha value is -1.56. The molecule has 0 N–H and O–H groups in total. The van der Waals surface area contributed by atoms with Gasteiger partial charge in [0.2, 0.25) is 0 Å². The van der Waals surface area contributed by atoms with Crippen LogP contribution < -0.4 is 4.74 Å². The number of benzene rings is 2. The van der Waals surface area contributed by atoms with E-state index in [-0.39, 0.29) is 12.5 Å². The van der Waals surface area contributed by atoms with Gasteiger partial charge in [0.1, 0.15) is 5.75 Å². The Bertz CT molecular complexity index is 742. The number of ether oxygens (including phenoxy) is 1. The lowest BCUT2D eigenvalue weighted by Crippen LogP contribution is -2.38. The van der Waals surface area contributed by atoms with Crippen LogP contribution in [0, 0.1) is 0 Å². The predicted molar refractivity (Wildman–Crippen MR) is 108 cm³/mol. The topological polar surface area (TPSA) is 32.8 Å². The van der Waals surface area contributed by atoms with Gasteiger partial charge in [-0.1, -0.05) is 57.9 Å². The average molecular weight is 438 g/mol. The van der Waals surface area contributed by atoms with E-state index < -0.39 is 0 Å². The zero-order valence-electron chi connectivity index (χ0n) is 14.5. The summed E-state index contributed by atoms with van der Waals surface area (Å²) in [6, 6.07) is 15.8. The number of carbonyl (C=O) groups excluding carboxylic acids is 1. The molecule has 0 bridgehead atoms. The molecule has 6 heteroatoms. The van der Waals surface area contributed by atoms with Gasteiger partial charge < -0.3 is 9.64 Å². The van der Waals surface area contributed by atoms with E-state index in [0.717, 1.165) is 43.6 Å². The summed E-state index contributed by atoms with van der Waals surface area (Å²) in [6.07, 6.45) is 0.970. The molecular formula is C20H22BrClN2O2. The molecular weight excluding hydrogens is 416 g/mol. The van der Waals surface area contributed by atoms with Crippen LogP contribution in [-0.2, 0) is 11.3 Å². The predicted octanol–water partition coefficient (Wildman–Crippen LogP) is 4.22. The van der Waals surface area contributed by atoms with Gasteiger partial charge in [-0.15, -0.1) is 0 Å². The summed E-state index contributed by atoms with van der Waals surface area (Å²) in [5, 5.41) is 0.497. The van der Waals surface area contributed by atoms with Crippen molar-refractivity contribution in [3.8, 4) is 5.75 Å². The Morgan fingerprint density at radius 2 is 1.88 bits per heavy atom. The molecule has 2 aromatic carbocycles. The van der Waals surface area contributed by atoms with E-state index in [0.29, 0.717) is 10.8 Å². The van der Waals surface area contributed by atoms with Crippen molar-refractivity contribution < 1.29 is 9.53 Å². The number of amides is 1. The third-order valence-corrected chi connectivity index (χ3v) is 5.22. The SMILES string of the molecule is O=C(COc1ccc(Br)cc1Cl)N1CCCN(Cc2ccccc2)CC1.